The van der Waals surface area contributed by atoms with Gasteiger partial charge in [0, 0.05) is 44.9 Å². The Morgan fingerprint density at radius 1 is 0.825 bits per heavy atom. The van der Waals surface area contributed by atoms with Crippen LogP contribution in [0, 0.1) is 23.7 Å². The molecule has 57 heavy (non-hydrogen) atoms. The zero-order valence-corrected chi connectivity index (χ0v) is 32.8. The Balaban J connectivity index is 0.930. The van der Waals surface area contributed by atoms with Crippen molar-refractivity contribution >= 4 is 17.9 Å². The van der Waals surface area contributed by atoms with Gasteiger partial charge in [0.25, 0.3) is 0 Å². The monoisotopic (exact) mass is 770 g/mol. The summed E-state index contributed by atoms with van der Waals surface area (Å²) in [6.45, 7) is 4.65. The number of nitrogens with one attached hydrogen (secondary N) is 4. The fraction of sp³-hybridized carbons (Fsp3) is 0.409. The maximum Gasteiger partial charge on any atom is 0.407 e. The van der Waals surface area contributed by atoms with Gasteiger partial charge in [-0.15, -0.1) is 0 Å². The van der Waals surface area contributed by atoms with Crippen molar-refractivity contribution in [2.75, 3.05) is 20.8 Å². The second-order valence-electron chi connectivity index (χ2n) is 15.9. The first-order chi connectivity index (χ1) is 27.7. The number of alkyl carbamates (subject to hydrolysis) is 1. The number of rotatable bonds is 12. The molecule has 1 saturated heterocycles. The molecule has 5 aromatic rings. The average molecular weight is 771 g/mol. The van der Waals surface area contributed by atoms with Crippen molar-refractivity contribution in [3.63, 3.8) is 0 Å². The molecule has 8 rings (SSSR count). The minimum Gasteiger partial charge on any atom is -0.453 e. The molecule has 4 N–H and O–H groups in total. The van der Waals surface area contributed by atoms with Gasteiger partial charge in [0.2, 0.25) is 11.8 Å². The van der Waals surface area contributed by atoms with Crippen LogP contribution in [-0.4, -0.2) is 80.6 Å². The summed E-state index contributed by atoms with van der Waals surface area (Å²) in [5.74, 6) is 2.19. The average Bonchev–Trinajstić information content (AvgIpc) is 4.10. The number of likely N-dealkylation sites (tertiary alicyclic amines) is 1. The molecule has 296 valence electrons. The van der Waals surface area contributed by atoms with Gasteiger partial charge in [-0.3, -0.25) is 14.6 Å². The van der Waals surface area contributed by atoms with E-state index in [2.05, 4.69) is 74.1 Å². The number of carbonyl (C=O) groups is 3. The van der Waals surface area contributed by atoms with Gasteiger partial charge >= 0.3 is 6.09 Å². The van der Waals surface area contributed by atoms with Gasteiger partial charge < -0.3 is 35.0 Å². The Hall–Kier alpha value is -5.82. The molecule has 3 aliphatic rings. The van der Waals surface area contributed by atoms with Crippen LogP contribution in [0.4, 0.5) is 4.79 Å². The van der Waals surface area contributed by atoms with Gasteiger partial charge in [-0.1, -0.05) is 68.4 Å². The number of aromatic amines is 2. The maximum atomic E-state index is 13.7. The molecule has 2 saturated carbocycles. The molecule has 13 heteroatoms. The molecule has 2 bridgehead atoms. The Kier molecular flexibility index (Phi) is 10.9. The van der Waals surface area contributed by atoms with E-state index in [0.29, 0.717) is 37.2 Å². The van der Waals surface area contributed by atoms with Crippen LogP contribution >= 0.6 is 0 Å². The highest BCUT2D eigenvalue weighted by molar-refractivity contribution is 5.86. The van der Waals surface area contributed by atoms with E-state index in [4.69, 9.17) is 19.4 Å². The summed E-state index contributed by atoms with van der Waals surface area (Å²) < 4.78 is 10.4. The molecule has 13 nitrogen and oxygen atoms in total. The minimum absolute atomic E-state index is 0.0814. The normalized spacial score (nSPS) is 23.1. The third kappa shape index (κ3) is 7.80. The van der Waals surface area contributed by atoms with E-state index in [1.165, 1.54) is 7.11 Å². The molecule has 4 heterocycles. The first kappa shape index (κ1) is 38.1. The van der Waals surface area contributed by atoms with Crippen LogP contribution in [0.15, 0.2) is 85.5 Å². The molecule has 3 amide bonds. The number of fused-ring (bicyclic) bond motifs is 2. The van der Waals surface area contributed by atoms with E-state index in [-0.39, 0.29) is 41.7 Å². The lowest BCUT2D eigenvalue weighted by atomic mass is 9.78. The first-order valence-corrected chi connectivity index (χ1v) is 19.9. The molecule has 4 unspecified atom stereocenters. The van der Waals surface area contributed by atoms with Crippen molar-refractivity contribution in [1.29, 1.82) is 0 Å². The Bertz CT molecular complexity index is 2180. The molecule has 1 aliphatic heterocycles. The van der Waals surface area contributed by atoms with Gasteiger partial charge in [0.15, 0.2) is 0 Å². The van der Waals surface area contributed by atoms with Crippen LogP contribution in [0.2, 0.25) is 0 Å². The van der Waals surface area contributed by atoms with Crippen molar-refractivity contribution in [3.8, 4) is 33.6 Å². The third-order valence-corrected chi connectivity index (χ3v) is 12.2. The molecule has 7 atom stereocenters. The van der Waals surface area contributed by atoms with Gasteiger partial charge in [0.1, 0.15) is 17.7 Å². The van der Waals surface area contributed by atoms with Crippen molar-refractivity contribution in [2.24, 2.45) is 23.7 Å². The van der Waals surface area contributed by atoms with Crippen LogP contribution in [0.3, 0.4) is 0 Å². The number of nitrogens with zero attached hydrogens (tertiary/aromatic N) is 4. The number of imidazole rings is 2. The molecule has 2 aromatic carbocycles. The molecule has 3 fully saturated rings. The quantitative estimate of drug-likeness (QED) is 0.110. The van der Waals surface area contributed by atoms with Gasteiger partial charge in [-0.25, -0.2) is 14.8 Å². The second kappa shape index (κ2) is 16.3. The number of H-pyrrole nitrogens is 2. The van der Waals surface area contributed by atoms with E-state index in [0.717, 1.165) is 64.3 Å². The zero-order chi connectivity index (χ0) is 39.6. The van der Waals surface area contributed by atoms with Crippen LogP contribution < -0.4 is 10.6 Å². The third-order valence-electron chi connectivity index (χ3n) is 12.2. The first-order valence-electron chi connectivity index (χ1n) is 19.9. The maximum absolute atomic E-state index is 13.7. The number of hydrogen-bond acceptors (Lipinski definition) is 8. The standard InChI is InChI=1S/C44H50N8O5/c1-25(2)39(51-44(55)57-4)43(54)52-24-33(56-3)19-36(52)40-46-22-34(49-40)29-11-7-27(8-12-29)28-9-13-30(14-10-28)35-23-47-41(50-35)37-31-15-16-32(18-31)38(37)42(53)48-21-26-6-5-17-45-20-26/h5-14,17,20,22-23,25,31-33,36-39H,15-16,18-19,21,24H2,1-4H3,(H,46,49)(H,47,50)(H,48,53)(H,51,55)/t31?,32?,33-,36-,37?,38?,39-/m0/s1. The molecule has 2 aliphatic carbocycles. The summed E-state index contributed by atoms with van der Waals surface area (Å²) in [5.41, 5.74) is 6.94. The summed E-state index contributed by atoms with van der Waals surface area (Å²) in [6, 6.07) is 19.5. The van der Waals surface area contributed by atoms with Crippen LogP contribution in [-0.2, 0) is 25.6 Å². The lowest BCUT2D eigenvalue weighted by molar-refractivity contribution is -0.136. The van der Waals surface area contributed by atoms with Crippen LogP contribution in [0.1, 0.15) is 68.7 Å². The molecule has 0 radical (unpaired) electrons. The van der Waals surface area contributed by atoms with Gasteiger partial charge in [-0.2, -0.15) is 0 Å². The number of carbonyl (C=O) groups excluding carboxylic acids is 3. The number of amides is 3. The van der Waals surface area contributed by atoms with Crippen LogP contribution in [0.25, 0.3) is 33.6 Å². The highest BCUT2D eigenvalue weighted by Gasteiger charge is 2.52. The van der Waals surface area contributed by atoms with Gasteiger partial charge in [-0.05, 0) is 70.9 Å². The van der Waals surface area contributed by atoms with E-state index < -0.39 is 12.1 Å². The summed E-state index contributed by atoms with van der Waals surface area (Å²) in [4.78, 5) is 61.8. The number of aromatic nitrogens is 5. The lowest BCUT2D eigenvalue weighted by Gasteiger charge is -2.29. The van der Waals surface area contributed by atoms with Crippen molar-refractivity contribution in [3.05, 3.63) is 103 Å². The highest BCUT2D eigenvalue weighted by Crippen LogP contribution is 2.56. The fourth-order valence-electron chi connectivity index (χ4n) is 9.21. The highest BCUT2D eigenvalue weighted by atomic mass is 16.5. The number of methoxy groups -OCH3 is 2. The predicted molar refractivity (Wildman–Crippen MR) is 214 cm³/mol. The Morgan fingerprint density at radius 2 is 1.46 bits per heavy atom. The number of benzene rings is 2. The summed E-state index contributed by atoms with van der Waals surface area (Å²) in [5, 5.41) is 5.87. The van der Waals surface area contributed by atoms with Crippen molar-refractivity contribution in [1.82, 2.24) is 40.5 Å². The smallest absolute Gasteiger partial charge is 0.407 e. The summed E-state index contributed by atoms with van der Waals surface area (Å²) >= 11 is 0. The number of pyridine rings is 1. The fourth-order valence-corrected chi connectivity index (χ4v) is 9.21. The number of ether oxygens (including phenoxy) is 2. The topological polar surface area (TPSA) is 167 Å². The van der Waals surface area contributed by atoms with E-state index in [1.54, 1.807) is 30.6 Å². The zero-order valence-electron chi connectivity index (χ0n) is 32.8. The largest absolute Gasteiger partial charge is 0.453 e. The second-order valence-corrected chi connectivity index (χ2v) is 15.9. The van der Waals surface area contributed by atoms with E-state index in [9.17, 15) is 14.4 Å². The van der Waals surface area contributed by atoms with E-state index in [1.807, 2.05) is 32.2 Å². The molecular formula is C44H50N8O5. The van der Waals surface area contributed by atoms with Crippen molar-refractivity contribution < 1.29 is 23.9 Å². The molecule has 0 spiro atoms. The summed E-state index contributed by atoms with van der Waals surface area (Å²) in [6.07, 6.45) is 10.3. The van der Waals surface area contributed by atoms with E-state index >= 15 is 0 Å². The SMILES string of the molecule is COC(=O)N[C@H](C(=O)N1C[C@@H](OC)C[C@H]1c1ncc(-c2ccc(-c3ccc(-c4cnc(C5C6CCC(C6)C5C(=O)NCc5cccnc5)[nH]4)cc3)cc2)[nH]1)C(C)C. The van der Waals surface area contributed by atoms with Crippen LogP contribution in [0.5, 0.6) is 0 Å². The molecular weight excluding hydrogens is 721 g/mol. The summed E-state index contributed by atoms with van der Waals surface area (Å²) in [7, 11) is 2.93. The molecule has 3 aromatic heterocycles. The number of hydrogen-bond donors (Lipinski definition) is 4. The lowest BCUT2D eigenvalue weighted by Crippen LogP contribution is -2.51. The minimum atomic E-state index is -0.744. The Morgan fingerprint density at radius 3 is 2.07 bits per heavy atom. The Labute approximate surface area is 332 Å². The predicted octanol–water partition coefficient (Wildman–Crippen LogP) is 6.64. The van der Waals surface area contributed by atoms with Crippen molar-refractivity contribution in [2.45, 2.75) is 70.2 Å². The van der Waals surface area contributed by atoms with Gasteiger partial charge in [0.05, 0.1) is 49.0 Å².